The minimum absolute atomic E-state index is 0.676. The van der Waals surface area contributed by atoms with Crippen LogP contribution in [0.15, 0.2) is 103 Å². The van der Waals surface area contributed by atoms with Crippen molar-refractivity contribution in [1.29, 1.82) is 0 Å². The Labute approximate surface area is 190 Å². The summed E-state index contributed by atoms with van der Waals surface area (Å²) in [6.45, 7) is 0. The normalized spacial score (nSPS) is 11.3. The van der Waals surface area contributed by atoms with E-state index in [-0.39, 0.29) is 0 Å². The van der Waals surface area contributed by atoms with E-state index < -0.39 is 0 Å². The Morgan fingerprint density at radius 2 is 1.34 bits per heavy atom. The number of thiophene rings is 1. The first-order valence-electron chi connectivity index (χ1n) is 10.5. The molecule has 0 aliphatic carbocycles. The molecule has 1 heterocycles. The molecule has 0 amide bonds. The highest BCUT2D eigenvalue weighted by molar-refractivity contribution is 7.26. The predicted octanol–water partition coefficient (Wildman–Crippen LogP) is 7.45. The fraction of sp³-hybridized carbons (Fsp3) is 0. The van der Waals surface area contributed by atoms with Crippen LogP contribution in [-0.4, -0.2) is 12.7 Å². The largest absolute Gasteiger partial charge is 0.569 e. The van der Waals surface area contributed by atoms with Gasteiger partial charge in [0.05, 0.1) is 4.70 Å². The van der Waals surface area contributed by atoms with Gasteiger partial charge in [0, 0.05) is 15.5 Å². The molecule has 4 heteroatoms. The summed E-state index contributed by atoms with van der Waals surface area (Å²) in [6.07, 6.45) is 0. The van der Waals surface area contributed by atoms with Gasteiger partial charge in [-0.1, -0.05) is 78.9 Å². The third kappa shape index (κ3) is 3.16. The van der Waals surface area contributed by atoms with Crippen molar-refractivity contribution >= 4 is 50.0 Å². The van der Waals surface area contributed by atoms with Crippen LogP contribution in [0.4, 0.5) is 0 Å². The molecular formula is C28H18BO2S. The first-order chi connectivity index (χ1) is 15.8. The fourth-order valence-corrected chi connectivity index (χ4v) is 5.59. The van der Waals surface area contributed by atoms with Crippen LogP contribution in [0.5, 0.6) is 5.75 Å². The molecule has 151 valence electrons. The summed E-state index contributed by atoms with van der Waals surface area (Å²) in [6, 6.07) is 36.1. The summed E-state index contributed by atoms with van der Waals surface area (Å²) < 4.78 is 7.71. The number of benzene rings is 5. The minimum Gasteiger partial charge on any atom is -0.536 e. The first kappa shape index (κ1) is 19.1. The Morgan fingerprint density at radius 1 is 0.625 bits per heavy atom. The summed E-state index contributed by atoms with van der Waals surface area (Å²) in [7, 11) is 0.758. The summed E-state index contributed by atoms with van der Waals surface area (Å²) in [5.41, 5.74) is 4.79. The zero-order valence-electron chi connectivity index (χ0n) is 17.2. The highest BCUT2D eigenvalue weighted by Crippen LogP contribution is 2.44. The molecule has 0 atom stereocenters. The lowest BCUT2D eigenvalue weighted by atomic mass is 9.97. The molecule has 0 saturated carbocycles. The highest BCUT2D eigenvalue weighted by Gasteiger charge is 2.15. The molecule has 0 spiro atoms. The quantitative estimate of drug-likeness (QED) is 0.295. The van der Waals surface area contributed by atoms with E-state index in [1.807, 2.05) is 18.2 Å². The van der Waals surface area contributed by atoms with Crippen molar-refractivity contribution in [3.8, 4) is 28.0 Å². The lowest BCUT2D eigenvalue weighted by Gasteiger charge is -2.08. The Kier molecular flexibility index (Phi) is 4.68. The monoisotopic (exact) mass is 429 g/mol. The van der Waals surface area contributed by atoms with Gasteiger partial charge < -0.3 is 9.68 Å². The Hall–Kier alpha value is -3.60. The van der Waals surface area contributed by atoms with Crippen molar-refractivity contribution in [2.45, 2.75) is 0 Å². The van der Waals surface area contributed by atoms with E-state index >= 15 is 0 Å². The summed E-state index contributed by atoms with van der Waals surface area (Å²) in [5, 5.41) is 13.9. The molecule has 6 aromatic rings. The standard InChI is InChI=1S/C28H18BO2S/c30-29-31-25-17-22-9-4-5-12-23(22)27-24-16-21(13-14-26(24)32-28(25)27)20-11-6-10-19(15-20)18-7-2-1-3-8-18/h1-17,30H. The lowest BCUT2D eigenvalue weighted by Crippen LogP contribution is -1.99. The summed E-state index contributed by atoms with van der Waals surface area (Å²) >= 11 is 1.69. The van der Waals surface area contributed by atoms with Gasteiger partial charge in [0.1, 0.15) is 5.75 Å². The zero-order chi connectivity index (χ0) is 21.5. The van der Waals surface area contributed by atoms with Crippen molar-refractivity contribution in [2.24, 2.45) is 0 Å². The van der Waals surface area contributed by atoms with Gasteiger partial charge in [-0.05, 0) is 57.3 Å². The van der Waals surface area contributed by atoms with Crippen molar-refractivity contribution in [2.75, 3.05) is 0 Å². The minimum atomic E-state index is 0.676. The predicted molar refractivity (Wildman–Crippen MR) is 136 cm³/mol. The molecule has 0 fully saturated rings. The number of hydrogen-bond donors (Lipinski definition) is 1. The molecule has 1 radical (unpaired) electrons. The van der Waals surface area contributed by atoms with Gasteiger partial charge in [-0.15, -0.1) is 11.3 Å². The molecule has 6 rings (SSSR count). The van der Waals surface area contributed by atoms with Crippen molar-refractivity contribution < 1.29 is 9.68 Å². The van der Waals surface area contributed by atoms with E-state index in [4.69, 9.17) is 4.65 Å². The fourth-order valence-electron chi connectivity index (χ4n) is 4.43. The molecule has 0 saturated heterocycles. The average Bonchev–Trinajstić information content (AvgIpc) is 3.24. The first-order valence-corrected chi connectivity index (χ1v) is 11.3. The van der Waals surface area contributed by atoms with Gasteiger partial charge in [-0.2, -0.15) is 0 Å². The van der Waals surface area contributed by atoms with Crippen molar-refractivity contribution in [1.82, 2.24) is 0 Å². The SMILES string of the molecule is O[B]Oc1cc2ccccc2c2c1sc1ccc(-c3cccc(-c4ccccc4)c3)cc12. The van der Waals surface area contributed by atoms with Crippen molar-refractivity contribution in [3.05, 3.63) is 103 Å². The second-order valence-corrected chi connectivity index (χ2v) is 8.84. The summed E-state index contributed by atoms with van der Waals surface area (Å²) in [5.74, 6) is 0.676. The third-order valence-electron chi connectivity index (χ3n) is 5.91. The van der Waals surface area contributed by atoms with Crippen LogP contribution in [0.1, 0.15) is 0 Å². The van der Waals surface area contributed by atoms with Gasteiger partial charge in [0.2, 0.25) is 0 Å². The van der Waals surface area contributed by atoms with Crippen LogP contribution in [0, 0.1) is 0 Å². The van der Waals surface area contributed by atoms with E-state index in [0.717, 1.165) is 17.8 Å². The Morgan fingerprint density at radius 3 is 2.19 bits per heavy atom. The van der Waals surface area contributed by atoms with Crippen molar-refractivity contribution in [3.63, 3.8) is 0 Å². The van der Waals surface area contributed by atoms with Crippen LogP contribution >= 0.6 is 11.3 Å². The van der Waals surface area contributed by atoms with Gasteiger partial charge in [0.25, 0.3) is 0 Å². The molecule has 1 N–H and O–H groups in total. The number of rotatable bonds is 4. The topological polar surface area (TPSA) is 29.5 Å². The summed E-state index contributed by atoms with van der Waals surface area (Å²) in [4.78, 5) is 0. The number of fused-ring (bicyclic) bond motifs is 5. The van der Waals surface area contributed by atoms with E-state index in [0.29, 0.717) is 5.75 Å². The van der Waals surface area contributed by atoms with Gasteiger partial charge in [0.15, 0.2) is 0 Å². The van der Waals surface area contributed by atoms with Gasteiger partial charge in [-0.3, -0.25) is 0 Å². The number of hydrogen-bond acceptors (Lipinski definition) is 3. The molecule has 0 unspecified atom stereocenters. The van der Waals surface area contributed by atoms with Crippen LogP contribution in [0.2, 0.25) is 0 Å². The molecular weight excluding hydrogens is 411 g/mol. The van der Waals surface area contributed by atoms with E-state index in [1.54, 1.807) is 11.3 Å². The smallest absolute Gasteiger partial charge is 0.536 e. The van der Waals surface area contributed by atoms with Gasteiger partial charge in [-0.25, -0.2) is 0 Å². The second kappa shape index (κ2) is 7.83. The second-order valence-electron chi connectivity index (χ2n) is 7.78. The lowest BCUT2D eigenvalue weighted by molar-refractivity contribution is 0.457. The molecule has 0 aliphatic heterocycles. The van der Waals surface area contributed by atoms with E-state index in [2.05, 4.69) is 84.9 Å². The van der Waals surface area contributed by atoms with Crippen LogP contribution < -0.4 is 4.65 Å². The zero-order valence-corrected chi connectivity index (χ0v) is 18.0. The average molecular weight is 429 g/mol. The third-order valence-corrected chi connectivity index (χ3v) is 7.10. The molecule has 0 bridgehead atoms. The van der Waals surface area contributed by atoms with E-state index in [9.17, 15) is 5.02 Å². The maximum atomic E-state index is 9.30. The maximum absolute atomic E-state index is 9.30. The van der Waals surface area contributed by atoms with Crippen LogP contribution in [0.3, 0.4) is 0 Å². The Bertz CT molecular complexity index is 1590. The molecule has 1 aromatic heterocycles. The van der Waals surface area contributed by atoms with E-state index in [1.165, 1.54) is 43.1 Å². The van der Waals surface area contributed by atoms with Crippen LogP contribution in [0.25, 0.3) is 53.2 Å². The molecule has 32 heavy (non-hydrogen) atoms. The molecule has 5 aromatic carbocycles. The maximum Gasteiger partial charge on any atom is 0.569 e. The Balaban J connectivity index is 1.59. The molecule has 2 nitrogen and oxygen atoms in total. The molecule has 0 aliphatic rings. The highest BCUT2D eigenvalue weighted by atomic mass is 32.1. The van der Waals surface area contributed by atoms with Gasteiger partial charge >= 0.3 is 7.69 Å². The van der Waals surface area contributed by atoms with Crippen LogP contribution in [-0.2, 0) is 0 Å².